The first-order valence-electron chi connectivity index (χ1n) is 8.55. The van der Waals surface area contributed by atoms with E-state index < -0.39 is 0 Å². The smallest absolute Gasteiger partial charge is 0.257 e. The lowest BCUT2D eigenvalue weighted by molar-refractivity contribution is -0.118. The Hall–Kier alpha value is -2.69. The molecule has 0 fully saturated rings. The number of aryl methyl sites for hydroxylation is 1. The second-order valence-corrected chi connectivity index (χ2v) is 7.72. The molecule has 4 rings (SSSR count). The number of hydrogen-bond acceptors (Lipinski definition) is 4. The molecular formula is C20H21N3O2. The molecule has 128 valence electrons. The average molecular weight is 335 g/mol. The summed E-state index contributed by atoms with van der Waals surface area (Å²) in [5.74, 6) is 0.874. The first-order valence-corrected chi connectivity index (χ1v) is 8.55. The highest BCUT2D eigenvalue weighted by Gasteiger charge is 2.42. The van der Waals surface area contributed by atoms with Crippen LogP contribution >= 0.6 is 0 Å². The summed E-state index contributed by atoms with van der Waals surface area (Å²) in [5, 5.41) is 3.29. The number of aromatic amines is 1. The minimum Gasteiger partial charge on any atom is -0.343 e. The van der Waals surface area contributed by atoms with Crippen LogP contribution in [0.25, 0.3) is 0 Å². The number of fused-ring (bicyclic) bond motifs is 1. The van der Waals surface area contributed by atoms with Crippen LogP contribution in [0.15, 0.2) is 46.4 Å². The van der Waals surface area contributed by atoms with Crippen molar-refractivity contribution in [1.29, 1.82) is 0 Å². The third-order valence-corrected chi connectivity index (χ3v) is 4.97. The fraction of sp³-hybridized carbons (Fsp3) is 0.350. The van der Waals surface area contributed by atoms with Gasteiger partial charge in [-0.1, -0.05) is 44.2 Å². The maximum Gasteiger partial charge on any atom is 0.257 e. The molecule has 1 aromatic heterocycles. The molecule has 2 heterocycles. The van der Waals surface area contributed by atoms with Crippen molar-refractivity contribution < 1.29 is 4.79 Å². The van der Waals surface area contributed by atoms with Gasteiger partial charge in [0.25, 0.3) is 5.56 Å². The van der Waals surface area contributed by atoms with Gasteiger partial charge in [0.1, 0.15) is 11.6 Å². The quantitative estimate of drug-likeness (QED) is 0.839. The van der Waals surface area contributed by atoms with Crippen molar-refractivity contribution in [2.24, 2.45) is 5.41 Å². The van der Waals surface area contributed by atoms with Crippen LogP contribution in [0.3, 0.4) is 0 Å². The Balaban J connectivity index is 2.00. The molecule has 1 aliphatic heterocycles. The Morgan fingerprint density at radius 1 is 1.12 bits per heavy atom. The van der Waals surface area contributed by atoms with E-state index in [2.05, 4.69) is 29.1 Å². The van der Waals surface area contributed by atoms with Crippen LogP contribution < -0.4 is 10.9 Å². The SMILES string of the molecule is Cc1nc2c(c(=O)[nH]1)[C@@H](c1ccccc1)C1=C(CC(C)(C)CC1=O)N2. The fourth-order valence-corrected chi connectivity index (χ4v) is 4.01. The van der Waals surface area contributed by atoms with E-state index in [9.17, 15) is 9.59 Å². The summed E-state index contributed by atoms with van der Waals surface area (Å²) in [5.41, 5.74) is 2.81. The number of benzene rings is 1. The molecule has 0 saturated carbocycles. The zero-order chi connectivity index (χ0) is 17.8. The van der Waals surface area contributed by atoms with Crippen LogP contribution in [0.5, 0.6) is 0 Å². The number of H-pyrrole nitrogens is 1. The molecule has 2 aliphatic rings. The van der Waals surface area contributed by atoms with Crippen molar-refractivity contribution in [2.45, 2.75) is 39.5 Å². The summed E-state index contributed by atoms with van der Waals surface area (Å²) < 4.78 is 0. The molecule has 1 aromatic carbocycles. The van der Waals surface area contributed by atoms with Crippen molar-refractivity contribution in [1.82, 2.24) is 9.97 Å². The van der Waals surface area contributed by atoms with E-state index in [0.717, 1.165) is 17.7 Å². The molecule has 2 N–H and O–H groups in total. The van der Waals surface area contributed by atoms with Crippen LogP contribution in [-0.2, 0) is 4.79 Å². The summed E-state index contributed by atoms with van der Waals surface area (Å²) in [6.45, 7) is 5.96. The molecule has 0 amide bonds. The Morgan fingerprint density at radius 3 is 2.56 bits per heavy atom. The molecule has 0 bridgehead atoms. The molecule has 0 spiro atoms. The monoisotopic (exact) mass is 335 g/mol. The highest BCUT2D eigenvalue weighted by Crippen LogP contribution is 2.47. The Morgan fingerprint density at radius 2 is 1.84 bits per heavy atom. The normalized spacial score (nSPS) is 21.4. The molecule has 0 unspecified atom stereocenters. The van der Waals surface area contributed by atoms with Gasteiger partial charge in [0.2, 0.25) is 0 Å². The third-order valence-electron chi connectivity index (χ3n) is 4.97. The summed E-state index contributed by atoms with van der Waals surface area (Å²) >= 11 is 0. The van der Waals surface area contributed by atoms with Crippen molar-refractivity contribution in [3.05, 3.63) is 68.9 Å². The van der Waals surface area contributed by atoms with Gasteiger partial charge in [0.05, 0.1) is 5.56 Å². The van der Waals surface area contributed by atoms with Crippen LogP contribution in [0, 0.1) is 12.3 Å². The molecule has 1 atom stereocenters. The Labute approximate surface area is 146 Å². The van der Waals surface area contributed by atoms with E-state index in [-0.39, 0.29) is 22.7 Å². The number of carbonyl (C=O) groups is 1. The number of anilines is 1. The van der Waals surface area contributed by atoms with Gasteiger partial charge in [-0.05, 0) is 24.3 Å². The van der Waals surface area contributed by atoms with Gasteiger partial charge in [0.15, 0.2) is 5.78 Å². The topological polar surface area (TPSA) is 74.8 Å². The first-order chi connectivity index (χ1) is 11.9. The standard InChI is InChI=1S/C20H21N3O2/c1-11-21-18-17(19(25)22-11)15(12-7-5-4-6-8-12)16-13(23-18)9-20(2,3)10-14(16)24/h4-8,15H,9-10H2,1-3H3,(H2,21,22,23,25)/t15-/m0/s1. The summed E-state index contributed by atoms with van der Waals surface area (Å²) in [6.07, 6.45) is 1.26. The predicted molar refractivity (Wildman–Crippen MR) is 96.6 cm³/mol. The van der Waals surface area contributed by atoms with Gasteiger partial charge >= 0.3 is 0 Å². The predicted octanol–water partition coefficient (Wildman–Crippen LogP) is 3.28. The largest absolute Gasteiger partial charge is 0.343 e. The second kappa shape index (κ2) is 5.41. The summed E-state index contributed by atoms with van der Waals surface area (Å²) in [6, 6.07) is 9.74. The van der Waals surface area contributed by atoms with Crippen molar-refractivity contribution in [2.75, 3.05) is 5.32 Å². The number of rotatable bonds is 1. The number of allylic oxidation sites excluding steroid dienone is 2. The number of carbonyl (C=O) groups excluding carboxylic acids is 1. The molecule has 1 aliphatic carbocycles. The van der Waals surface area contributed by atoms with Crippen molar-refractivity contribution in [3.63, 3.8) is 0 Å². The van der Waals surface area contributed by atoms with E-state index in [0.29, 0.717) is 29.2 Å². The number of aromatic nitrogens is 2. The molecule has 25 heavy (non-hydrogen) atoms. The minimum atomic E-state index is -0.368. The van der Waals surface area contributed by atoms with Gasteiger partial charge in [-0.2, -0.15) is 0 Å². The van der Waals surface area contributed by atoms with E-state index in [1.54, 1.807) is 6.92 Å². The minimum absolute atomic E-state index is 0.0993. The summed E-state index contributed by atoms with van der Waals surface area (Å²) in [7, 11) is 0. The van der Waals surface area contributed by atoms with Gasteiger partial charge in [-0.3, -0.25) is 9.59 Å². The summed E-state index contributed by atoms with van der Waals surface area (Å²) in [4.78, 5) is 33.0. The van der Waals surface area contributed by atoms with E-state index >= 15 is 0 Å². The first kappa shape index (κ1) is 15.8. The molecular weight excluding hydrogens is 314 g/mol. The zero-order valence-electron chi connectivity index (χ0n) is 14.6. The number of nitrogens with zero attached hydrogens (tertiary/aromatic N) is 1. The van der Waals surface area contributed by atoms with Gasteiger partial charge in [0, 0.05) is 23.6 Å². The lowest BCUT2D eigenvalue weighted by Crippen LogP contribution is -2.37. The molecule has 0 saturated heterocycles. The number of nitrogens with one attached hydrogen (secondary N) is 2. The lowest BCUT2D eigenvalue weighted by atomic mass is 9.69. The molecule has 5 nitrogen and oxygen atoms in total. The maximum absolute atomic E-state index is 13.0. The van der Waals surface area contributed by atoms with Crippen molar-refractivity contribution >= 4 is 11.6 Å². The Bertz CT molecular complexity index is 955. The molecule has 5 heteroatoms. The molecule has 2 aromatic rings. The average Bonchev–Trinajstić information content (AvgIpc) is 2.52. The van der Waals surface area contributed by atoms with Crippen LogP contribution in [0.1, 0.15) is 49.6 Å². The van der Waals surface area contributed by atoms with Crippen LogP contribution in [-0.4, -0.2) is 15.8 Å². The highest BCUT2D eigenvalue weighted by atomic mass is 16.1. The highest BCUT2D eigenvalue weighted by molar-refractivity contribution is 6.01. The Kier molecular flexibility index (Phi) is 3.42. The van der Waals surface area contributed by atoms with Gasteiger partial charge in [-0.15, -0.1) is 0 Å². The van der Waals surface area contributed by atoms with E-state index in [1.807, 2.05) is 30.3 Å². The number of ketones is 1. The zero-order valence-corrected chi connectivity index (χ0v) is 14.6. The van der Waals surface area contributed by atoms with Crippen molar-refractivity contribution in [3.8, 4) is 0 Å². The maximum atomic E-state index is 13.0. The number of Topliss-reactive ketones (excluding diaryl/α,β-unsaturated/α-hetero) is 1. The molecule has 0 radical (unpaired) electrons. The van der Waals surface area contributed by atoms with E-state index in [1.165, 1.54) is 0 Å². The van der Waals surface area contributed by atoms with Crippen LogP contribution in [0.4, 0.5) is 5.82 Å². The second-order valence-electron chi connectivity index (χ2n) is 7.72. The van der Waals surface area contributed by atoms with Crippen LogP contribution in [0.2, 0.25) is 0 Å². The van der Waals surface area contributed by atoms with E-state index in [4.69, 9.17) is 0 Å². The van der Waals surface area contributed by atoms with Gasteiger partial charge < -0.3 is 10.3 Å². The lowest BCUT2D eigenvalue weighted by Gasteiger charge is -2.38. The van der Waals surface area contributed by atoms with Gasteiger partial charge in [-0.25, -0.2) is 4.98 Å². The fourth-order valence-electron chi connectivity index (χ4n) is 4.01. The number of hydrogen-bond donors (Lipinski definition) is 2. The third kappa shape index (κ3) is 2.60.